The third-order valence-corrected chi connectivity index (χ3v) is 2.84. The molecule has 0 aliphatic carbocycles. The van der Waals surface area contributed by atoms with Crippen LogP contribution in [0.4, 0.5) is 0 Å². The number of thioether (sulfide) groups is 1. The molecule has 0 heterocycles. The number of hydrogen-bond donors (Lipinski definition) is 2. The van der Waals surface area contributed by atoms with E-state index in [1.165, 1.54) is 0 Å². The molecule has 74 valence electrons. The lowest BCUT2D eigenvalue weighted by Gasteiger charge is -2.11. The summed E-state index contributed by atoms with van der Waals surface area (Å²) >= 11 is 1.92. The summed E-state index contributed by atoms with van der Waals surface area (Å²) in [5.74, 6) is 1.14. The molecule has 1 unspecified atom stereocenters. The molecule has 0 aliphatic heterocycles. The van der Waals surface area contributed by atoms with Crippen LogP contribution in [0.25, 0.3) is 0 Å². The second-order valence-electron chi connectivity index (χ2n) is 3.30. The summed E-state index contributed by atoms with van der Waals surface area (Å²) in [6.07, 6.45) is 0.909. The van der Waals surface area contributed by atoms with Crippen LogP contribution in [0, 0.1) is 0 Å². The molecule has 0 aromatic carbocycles. The molecular formula is C9H21NOS. The topological polar surface area (TPSA) is 32.3 Å². The van der Waals surface area contributed by atoms with E-state index in [2.05, 4.69) is 26.1 Å². The average Bonchev–Trinajstić information content (AvgIpc) is 1.98. The van der Waals surface area contributed by atoms with Gasteiger partial charge in [-0.05, 0) is 6.42 Å². The van der Waals surface area contributed by atoms with Gasteiger partial charge >= 0.3 is 0 Å². The van der Waals surface area contributed by atoms with Crippen molar-refractivity contribution in [2.24, 2.45) is 0 Å². The Morgan fingerprint density at radius 3 is 2.50 bits per heavy atom. The fourth-order valence-electron chi connectivity index (χ4n) is 0.873. The van der Waals surface area contributed by atoms with Crippen molar-refractivity contribution in [2.45, 2.75) is 38.5 Å². The first kappa shape index (κ1) is 12.3. The second kappa shape index (κ2) is 7.90. The maximum atomic E-state index is 8.65. The number of nitrogens with one attached hydrogen (secondary N) is 1. The van der Waals surface area contributed by atoms with Crippen LogP contribution in [0.3, 0.4) is 0 Å². The monoisotopic (exact) mass is 191 g/mol. The maximum Gasteiger partial charge on any atom is 0.0441 e. The van der Waals surface area contributed by atoms with Crippen LogP contribution in [-0.2, 0) is 0 Å². The lowest BCUT2D eigenvalue weighted by Crippen LogP contribution is -2.25. The molecule has 0 aromatic heterocycles. The number of rotatable bonds is 7. The fraction of sp³-hybridized carbons (Fsp3) is 1.00. The van der Waals surface area contributed by atoms with Crippen LogP contribution in [-0.4, -0.2) is 35.3 Å². The van der Waals surface area contributed by atoms with Gasteiger partial charge in [0.1, 0.15) is 0 Å². The van der Waals surface area contributed by atoms with Gasteiger partial charge < -0.3 is 10.4 Å². The number of aliphatic hydroxyl groups excluding tert-OH is 1. The molecule has 0 saturated carbocycles. The number of hydrogen-bond acceptors (Lipinski definition) is 3. The van der Waals surface area contributed by atoms with E-state index in [1.807, 2.05) is 11.8 Å². The van der Waals surface area contributed by atoms with E-state index in [-0.39, 0.29) is 0 Å². The van der Waals surface area contributed by atoms with Crippen molar-refractivity contribution in [1.29, 1.82) is 0 Å². The van der Waals surface area contributed by atoms with Crippen LogP contribution >= 0.6 is 11.8 Å². The SMILES string of the molecule is CC(C)NCCSC(C)CCO. The van der Waals surface area contributed by atoms with Gasteiger partial charge in [-0.3, -0.25) is 0 Å². The molecule has 0 saturated heterocycles. The molecule has 0 bridgehead atoms. The molecule has 2 nitrogen and oxygen atoms in total. The number of aliphatic hydroxyl groups is 1. The van der Waals surface area contributed by atoms with Crippen molar-refractivity contribution < 1.29 is 5.11 Å². The molecule has 3 heteroatoms. The molecule has 0 aromatic rings. The van der Waals surface area contributed by atoms with Crippen LogP contribution in [0.1, 0.15) is 27.2 Å². The van der Waals surface area contributed by atoms with E-state index in [9.17, 15) is 0 Å². The van der Waals surface area contributed by atoms with Crippen molar-refractivity contribution in [3.05, 3.63) is 0 Å². The summed E-state index contributed by atoms with van der Waals surface area (Å²) in [4.78, 5) is 0. The third kappa shape index (κ3) is 8.37. The van der Waals surface area contributed by atoms with Gasteiger partial charge in [0.25, 0.3) is 0 Å². The Morgan fingerprint density at radius 1 is 1.33 bits per heavy atom. The minimum atomic E-state index is 0.311. The lowest BCUT2D eigenvalue weighted by molar-refractivity contribution is 0.289. The van der Waals surface area contributed by atoms with E-state index in [0.717, 1.165) is 18.7 Å². The highest BCUT2D eigenvalue weighted by Gasteiger charge is 2.00. The largest absolute Gasteiger partial charge is 0.396 e. The molecule has 2 N–H and O–H groups in total. The van der Waals surface area contributed by atoms with E-state index in [0.29, 0.717) is 17.9 Å². The van der Waals surface area contributed by atoms with Crippen molar-refractivity contribution in [1.82, 2.24) is 5.32 Å². The molecule has 12 heavy (non-hydrogen) atoms. The minimum absolute atomic E-state index is 0.311. The van der Waals surface area contributed by atoms with Crippen LogP contribution in [0.5, 0.6) is 0 Å². The van der Waals surface area contributed by atoms with Crippen molar-refractivity contribution >= 4 is 11.8 Å². The van der Waals surface area contributed by atoms with E-state index in [1.54, 1.807) is 0 Å². The highest BCUT2D eigenvalue weighted by Crippen LogP contribution is 2.12. The zero-order valence-electron chi connectivity index (χ0n) is 8.34. The first-order valence-electron chi connectivity index (χ1n) is 4.62. The van der Waals surface area contributed by atoms with Gasteiger partial charge in [-0.1, -0.05) is 20.8 Å². The van der Waals surface area contributed by atoms with Gasteiger partial charge in [0, 0.05) is 30.2 Å². The van der Waals surface area contributed by atoms with E-state index >= 15 is 0 Å². The lowest BCUT2D eigenvalue weighted by atomic mass is 10.3. The first-order valence-corrected chi connectivity index (χ1v) is 5.67. The van der Waals surface area contributed by atoms with Gasteiger partial charge in [-0.2, -0.15) is 11.8 Å². The molecular weight excluding hydrogens is 170 g/mol. The average molecular weight is 191 g/mol. The molecule has 0 spiro atoms. The van der Waals surface area contributed by atoms with Crippen LogP contribution in [0.2, 0.25) is 0 Å². The van der Waals surface area contributed by atoms with E-state index in [4.69, 9.17) is 5.11 Å². The summed E-state index contributed by atoms with van der Waals surface area (Å²) in [5, 5.41) is 12.6. The molecule has 0 rings (SSSR count). The summed E-state index contributed by atoms with van der Waals surface area (Å²) < 4.78 is 0. The second-order valence-corrected chi connectivity index (χ2v) is 4.85. The molecule has 0 aliphatic rings. The Balaban J connectivity index is 3.08. The van der Waals surface area contributed by atoms with Crippen LogP contribution < -0.4 is 5.32 Å². The van der Waals surface area contributed by atoms with Crippen molar-refractivity contribution in [3.63, 3.8) is 0 Å². The Hall–Kier alpha value is 0.270. The predicted molar refractivity (Wildman–Crippen MR) is 56.8 cm³/mol. The molecule has 0 amide bonds. The predicted octanol–water partition coefficient (Wildman–Crippen LogP) is 1.49. The van der Waals surface area contributed by atoms with Gasteiger partial charge in [-0.15, -0.1) is 0 Å². The van der Waals surface area contributed by atoms with Crippen LogP contribution in [0.15, 0.2) is 0 Å². The van der Waals surface area contributed by atoms with Crippen molar-refractivity contribution in [3.8, 4) is 0 Å². The van der Waals surface area contributed by atoms with Crippen molar-refractivity contribution in [2.75, 3.05) is 18.9 Å². The van der Waals surface area contributed by atoms with Gasteiger partial charge in [0.05, 0.1) is 0 Å². The molecule has 0 fully saturated rings. The Bertz CT molecular complexity index is 98.5. The zero-order valence-corrected chi connectivity index (χ0v) is 9.16. The smallest absolute Gasteiger partial charge is 0.0441 e. The summed E-state index contributed by atoms with van der Waals surface area (Å²) in [6, 6.07) is 0.582. The van der Waals surface area contributed by atoms with Gasteiger partial charge in [0.15, 0.2) is 0 Å². The fourth-order valence-corrected chi connectivity index (χ4v) is 1.78. The highest BCUT2D eigenvalue weighted by atomic mass is 32.2. The summed E-state index contributed by atoms with van der Waals surface area (Å²) in [6.45, 7) is 7.85. The first-order chi connectivity index (χ1) is 5.66. The Kier molecular flexibility index (Phi) is 8.07. The zero-order chi connectivity index (χ0) is 9.40. The standard InChI is InChI=1S/C9H21NOS/c1-8(2)10-5-7-12-9(3)4-6-11/h8-11H,4-7H2,1-3H3. The summed E-state index contributed by atoms with van der Waals surface area (Å²) in [7, 11) is 0. The third-order valence-electron chi connectivity index (χ3n) is 1.59. The Morgan fingerprint density at radius 2 is 2.00 bits per heavy atom. The normalized spacial score (nSPS) is 13.8. The minimum Gasteiger partial charge on any atom is -0.396 e. The van der Waals surface area contributed by atoms with E-state index < -0.39 is 0 Å². The molecule has 1 atom stereocenters. The van der Waals surface area contributed by atoms with Gasteiger partial charge in [0.2, 0.25) is 0 Å². The summed E-state index contributed by atoms with van der Waals surface area (Å²) in [5.41, 5.74) is 0. The maximum absolute atomic E-state index is 8.65. The quantitative estimate of drug-likeness (QED) is 0.598. The van der Waals surface area contributed by atoms with Gasteiger partial charge in [-0.25, -0.2) is 0 Å². The highest BCUT2D eigenvalue weighted by molar-refractivity contribution is 7.99. The molecule has 0 radical (unpaired) electrons. The Labute approximate surface area is 80.1 Å².